The Kier molecular flexibility index (Phi) is 4.65. The molecule has 0 saturated carbocycles. The van der Waals surface area contributed by atoms with Crippen LogP contribution in [0.25, 0.3) is 0 Å². The minimum atomic E-state index is -0.127. The van der Waals surface area contributed by atoms with E-state index >= 15 is 0 Å². The SMILES string of the molecule is CCCn1cc(Br)cc1C(=O)NCc1nc(C)c(C)o1. The predicted octanol–water partition coefficient (Wildman–Crippen LogP) is 3.20. The van der Waals surface area contributed by atoms with Crippen LogP contribution in [0.1, 0.15) is 41.2 Å². The van der Waals surface area contributed by atoms with Gasteiger partial charge in [-0.2, -0.15) is 0 Å². The summed E-state index contributed by atoms with van der Waals surface area (Å²) in [5, 5.41) is 2.83. The molecule has 2 aromatic heterocycles. The second-order valence-corrected chi connectivity index (χ2v) is 5.58. The number of nitrogens with zero attached hydrogens (tertiary/aromatic N) is 2. The number of hydrogen-bond acceptors (Lipinski definition) is 3. The van der Waals surface area contributed by atoms with Crippen molar-refractivity contribution in [1.29, 1.82) is 0 Å². The van der Waals surface area contributed by atoms with Crippen LogP contribution >= 0.6 is 15.9 Å². The van der Waals surface area contributed by atoms with Crippen molar-refractivity contribution in [1.82, 2.24) is 14.9 Å². The van der Waals surface area contributed by atoms with Gasteiger partial charge in [0.2, 0.25) is 5.89 Å². The van der Waals surface area contributed by atoms with Crippen LogP contribution in [0, 0.1) is 13.8 Å². The van der Waals surface area contributed by atoms with Crippen molar-refractivity contribution < 1.29 is 9.21 Å². The largest absolute Gasteiger partial charge is 0.444 e. The van der Waals surface area contributed by atoms with Crippen LogP contribution in [0.15, 0.2) is 21.2 Å². The lowest BCUT2D eigenvalue weighted by Gasteiger charge is -2.07. The number of aromatic nitrogens is 2. The number of rotatable bonds is 5. The fraction of sp³-hybridized carbons (Fsp3) is 0.429. The van der Waals surface area contributed by atoms with Gasteiger partial charge in [-0.15, -0.1) is 0 Å². The maximum Gasteiger partial charge on any atom is 0.268 e. The number of oxazole rings is 1. The van der Waals surface area contributed by atoms with E-state index in [1.54, 1.807) is 0 Å². The molecule has 20 heavy (non-hydrogen) atoms. The van der Waals surface area contributed by atoms with Crippen LogP contribution < -0.4 is 5.32 Å². The van der Waals surface area contributed by atoms with Gasteiger partial charge in [-0.3, -0.25) is 4.79 Å². The summed E-state index contributed by atoms with van der Waals surface area (Å²) in [5.41, 5.74) is 1.49. The minimum Gasteiger partial charge on any atom is -0.444 e. The van der Waals surface area contributed by atoms with E-state index < -0.39 is 0 Å². The van der Waals surface area contributed by atoms with Crippen LogP contribution in [0.5, 0.6) is 0 Å². The molecule has 5 nitrogen and oxygen atoms in total. The van der Waals surface area contributed by atoms with Gasteiger partial charge in [-0.25, -0.2) is 4.98 Å². The first-order valence-corrected chi connectivity index (χ1v) is 7.37. The summed E-state index contributed by atoms with van der Waals surface area (Å²) in [7, 11) is 0. The van der Waals surface area contributed by atoms with E-state index in [-0.39, 0.29) is 5.91 Å². The maximum absolute atomic E-state index is 12.2. The van der Waals surface area contributed by atoms with Gasteiger partial charge < -0.3 is 14.3 Å². The fourth-order valence-electron chi connectivity index (χ4n) is 1.95. The number of halogens is 1. The Bertz CT molecular complexity index is 596. The first kappa shape index (κ1) is 14.8. The molecule has 0 bridgehead atoms. The lowest BCUT2D eigenvalue weighted by Crippen LogP contribution is -2.25. The Balaban J connectivity index is 2.04. The standard InChI is InChI=1S/C14H18BrN3O2/c1-4-5-18-8-11(15)6-12(18)14(19)16-7-13-17-9(2)10(3)20-13/h6,8H,4-5,7H2,1-3H3,(H,16,19). The molecule has 2 heterocycles. The minimum absolute atomic E-state index is 0.127. The number of aryl methyl sites for hydroxylation is 3. The number of carbonyl (C=O) groups excluding carboxylic acids is 1. The van der Waals surface area contributed by atoms with Crippen molar-refractivity contribution in [3.8, 4) is 0 Å². The molecule has 6 heteroatoms. The monoisotopic (exact) mass is 339 g/mol. The molecule has 0 fully saturated rings. The molecule has 0 aliphatic carbocycles. The van der Waals surface area contributed by atoms with Crippen LogP contribution in [0.2, 0.25) is 0 Å². The number of nitrogens with one attached hydrogen (secondary N) is 1. The summed E-state index contributed by atoms with van der Waals surface area (Å²) in [4.78, 5) is 16.4. The van der Waals surface area contributed by atoms with Crippen molar-refractivity contribution in [2.45, 2.75) is 40.3 Å². The summed E-state index contributed by atoms with van der Waals surface area (Å²) in [6.45, 7) is 6.92. The molecule has 2 aromatic rings. The molecule has 0 radical (unpaired) electrons. The molecule has 108 valence electrons. The van der Waals surface area contributed by atoms with E-state index in [1.807, 2.05) is 30.7 Å². The molecule has 1 N–H and O–H groups in total. The van der Waals surface area contributed by atoms with E-state index in [1.165, 1.54) is 0 Å². The summed E-state index contributed by atoms with van der Waals surface area (Å²) in [6.07, 6.45) is 2.89. The Morgan fingerprint density at radius 2 is 2.25 bits per heavy atom. The molecule has 1 amide bonds. The topological polar surface area (TPSA) is 60.1 Å². The van der Waals surface area contributed by atoms with Gasteiger partial charge in [0.05, 0.1) is 12.2 Å². The molecule has 0 saturated heterocycles. The van der Waals surface area contributed by atoms with Crippen LogP contribution in [0.4, 0.5) is 0 Å². The molecule has 0 aliphatic heterocycles. The third-order valence-electron chi connectivity index (χ3n) is 3.03. The van der Waals surface area contributed by atoms with Crippen molar-refractivity contribution in [2.75, 3.05) is 0 Å². The van der Waals surface area contributed by atoms with Crippen molar-refractivity contribution in [3.05, 3.63) is 39.8 Å². The normalized spacial score (nSPS) is 10.8. The molecule has 0 aromatic carbocycles. The van der Waals surface area contributed by atoms with Crippen molar-refractivity contribution in [2.24, 2.45) is 0 Å². The zero-order valence-corrected chi connectivity index (χ0v) is 13.5. The summed E-state index contributed by atoms with van der Waals surface area (Å²) in [6, 6.07) is 1.82. The molecule has 0 spiro atoms. The molecule has 0 unspecified atom stereocenters. The van der Waals surface area contributed by atoms with E-state index in [4.69, 9.17) is 4.42 Å². The van der Waals surface area contributed by atoms with Gasteiger partial charge in [0, 0.05) is 17.2 Å². The second kappa shape index (κ2) is 6.26. The van der Waals surface area contributed by atoms with Gasteiger partial charge in [0.1, 0.15) is 11.5 Å². The van der Waals surface area contributed by atoms with Crippen LogP contribution in [-0.2, 0) is 13.1 Å². The fourth-order valence-corrected chi connectivity index (χ4v) is 2.42. The van der Waals surface area contributed by atoms with Gasteiger partial charge in [0.25, 0.3) is 5.91 Å². The number of hydrogen-bond donors (Lipinski definition) is 1. The van der Waals surface area contributed by atoms with E-state index in [0.717, 1.165) is 28.9 Å². The van der Waals surface area contributed by atoms with Crippen LogP contribution in [-0.4, -0.2) is 15.5 Å². The molecular weight excluding hydrogens is 322 g/mol. The van der Waals surface area contributed by atoms with E-state index in [0.29, 0.717) is 18.1 Å². The van der Waals surface area contributed by atoms with Crippen LogP contribution in [0.3, 0.4) is 0 Å². The summed E-state index contributed by atoms with van der Waals surface area (Å²) in [5.74, 6) is 1.19. The lowest BCUT2D eigenvalue weighted by atomic mass is 10.3. The molecule has 2 rings (SSSR count). The predicted molar refractivity (Wildman–Crippen MR) is 79.6 cm³/mol. The second-order valence-electron chi connectivity index (χ2n) is 4.67. The number of carbonyl (C=O) groups is 1. The zero-order chi connectivity index (χ0) is 14.7. The highest BCUT2D eigenvalue weighted by Crippen LogP contribution is 2.16. The van der Waals surface area contributed by atoms with Crippen molar-refractivity contribution in [3.63, 3.8) is 0 Å². The third-order valence-corrected chi connectivity index (χ3v) is 3.47. The maximum atomic E-state index is 12.2. The molecular formula is C14H18BrN3O2. The first-order valence-electron chi connectivity index (χ1n) is 6.58. The van der Waals surface area contributed by atoms with E-state index in [2.05, 4.69) is 33.2 Å². The Morgan fingerprint density at radius 3 is 2.85 bits per heavy atom. The van der Waals surface area contributed by atoms with E-state index in [9.17, 15) is 4.79 Å². The Morgan fingerprint density at radius 1 is 1.50 bits per heavy atom. The van der Waals surface area contributed by atoms with Gasteiger partial charge in [-0.1, -0.05) is 6.92 Å². The van der Waals surface area contributed by atoms with Crippen molar-refractivity contribution >= 4 is 21.8 Å². The number of amides is 1. The molecule has 0 atom stereocenters. The highest BCUT2D eigenvalue weighted by Gasteiger charge is 2.14. The molecule has 0 aliphatic rings. The average molecular weight is 340 g/mol. The zero-order valence-electron chi connectivity index (χ0n) is 11.9. The van der Waals surface area contributed by atoms with Gasteiger partial charge >= 0.3 is 0 Å². The average Bonchev–Trinajstić information content (AvgIpc) is 2.91. The summed E-state index contributed by atoms with van der Waals surface area (Å²) < 4.78 is 8.28. The highest BCUT2D eigenvalue weighted by atomic mass is 79.9. The Labute approximate surface area is 126 Å². The first-order chi connectivity index (χ1) is 9.51. The smallest absolute Gasteiger partial charge is 0.268 e. The van der Waals surface area contributed by atoms with Gasteiger partial charge in [-0.05, 0) is 42.3 Å². The highest BCUT2D eigenvalue weighted by molar-refractivity contribution is 9.10. The quantitative estimate of drug-likeness (QED) is 0.909. The third kappa shape index (κ3) is 3.30. The summed E-state index contributed by atoms with van der Waals surface area (Å²) >= 11 is 3.40. The Hall–Kier alpha value is -1.56. The lowest BCUT2D eigenvalue weighted by molar-refractivity contribution is 0.0937. The van der Waals surface area contributed by atoms with Gasteiger partial charge in [0.15, 0.2) is 0 Å².